The van der Waals surface area contributed by atoms with E-state index in [9.17, 15) is 9.59 Å². The van der Waals surface area contributed by atoms with Gasteiger partial charge in [0.25, 0.3) is 5.56 Å². The lowest BCUT2D eigenvalue weighted by Crippen LogP contribution is -2.35. The Balaban J connectivity index is 1.81. The van der Waals surface area contributed by atoms with Crippen molar-refractivity contribution in [2.24, 2.45) is 0 Å². The Morgan fingerprint density at radius 2 is 1.96 bits per heavy atom. The standard InChI is InChI=1S/C17H19N3O2S/c21-14-10-11-18-17(20-14)23-15(12-6-2-1-3-7-12)16(22)19-13-8-4-5-9-13/h1-3,6-7,10-11,13,15H,4-5,8-9H2,(H,19,22)(H,18,20,21)/t15-/m1/s1. The number of carbonyl (C=O) groups is 1. The minimum Gasteiger partial charge on any atom is -0.352 e. The van der Waals surface area contributed by atoms with Crippen molar-refractivity contribution in [3.8, 4) is 0 Å². The SMILES string of the molecule is O=C(NC1CCCC1)[C@H](Sc1nccc(=O)[nH]1)c1ccccc1. The van der Waals surface area contributed by atoms with E-state index in [4.69, 9.17) is 0 Å². The Hall–Kier alpha value is -2.08. The van der Waals surface area contributed by atoms with Gasteiger partial charge in [0, 0.05) is 18.3 Å². The molecule has 23 heavy (non-hydrogen) atoms. The molecule has 0 spiro atoms. The summed E-state index contributed by atoms with van der Waals surface area (Å²) in [6, 6.07) is 11.2. The largest absolute Gasteiger partial charge is 0.352 e. The second-order valence-electron chi connectivity index (χ2n) is 5.64. The number of aromatic amines is 1. The van der Waals surface area contributed by atoms with E-state index in [1.807, 2.05) is 30.3 Å². The number of hydrogen-bond acceptors (Lipinski definition) is 4. The molecule has 1 aromatic heterocycles. The van der Waals surface area contributed by atoms with E-state index in [2.05, 4.69) is 15.3 Å². The van der Waals surface area contributed by atoms with E-state index in [0.717, 1.165) is 18.4 Å². The zero-order valence-corrected chi connectivity index (χ0v) is 13.5. The number of H-pyrrole nitrogens is 1. The van der Waals surface area contributed by atoms with Gasteiger partial charge in [-0.25, -0.2) is 4.98 Å². The van der Waals surface area contributed by atoms with Gasteiger partial charge in [0.15, 0.2) is 5.16 Å². The third-order valence-corrected chi connectivity index (χ3v) is 5.07. The lowest BCUT2D eigenvalue weighted by Gasteiger charge is -2.19. The van der Waals surface area contributed by atoms with Crippen molar-refractivity contribution >= 4 is 17.7 Å². The Bertz CT molecular complexity index is 711. The van der Waals surface area contributed by atoms with E-state index in [0.29, 0.717) is 5.16 Å². The summed E-state index contributed by atoms with van der Waals surface area (Å²) in [5, 5.41) is 3.16. The Kier molecular flexibility index (Phi) is 5.12. The van der Waals surface area contributed by atoms with Gasteiger partial charge in [-0.05, 0) is 18.4 Å². The van der Waals surface area contributed by atoms with Gasteiger partial charge in [-0.2, -0.15) is 0 Å². The van der Waals surface area contributed by atoms with Crippen LogP contribution in [0.2, 0.25) is 0 Å². The van der Waals surface area contributed by atoms with Crippen molar-refractivity contribution < 1.29 is 4.79 Å². The van der Waals surface area contributed by atoms with E-state index < -0.39 is 5.25 Å². The molecule has 1 amide bonds. The minimum atomic E-state index is -0.428. The number of benzene rings is 1. The first-order chi connectivity index (χ1) is 11.2. The topological polar surface area (TPSA) is 74.8 Å². The highest BCUT2D eigenvalue weighted by Gasteiger charge is 2.26. The van der Waals surface area contributed by atoms with Crippen LogP contribution in [-0.2, 0) is 4.79 Å². The molecule has 1 fully saturated rings. The molecule has 1 heterocycles. The van der Waals surface area contributed by atoms with Gasteiger partial charge < -0.3 is 10.3 Å². The first-order valence-electron chi connectivity index (χ1n) is 7.80. The highest BCUT2D eigenvalue weighted by atomic mass is 32.2. The molecule has 1 aliphatic rings. The third kappa shape index (κ3) is 4.22. The van der Waals surface area contributed by atoms with Gasteiger partial charge in [-0.15, -0.1) is 0 Å². The predicted molar refractivity (Wildman–Crippen MR) is 90.3 cm³/mol. The van der Waals surface area contributed by atoms with Crippen molar-refractivity contribution in [2.75, 3.05) is 0 Å². The molecule has 120 valence electrons. The fourth-order valence-corrected chi connectivity index (χ4v) is 3.74. The van der Waals surface area contributed by atoms with Crippen molar-refractivity contribution in [2.45, 2.75) is 42.1 Å². The maximum absolute atomic E-state index is 12.7. The first-order valence-corrected chi connectivity index (χ1v) is 8.67. The number of nitrogens with zero attached hydrogens (tertiary/aromatic N) is 1. The summed E-state index contributed by atoms with van der Waals surface area (Å²) in [5.74, 6) is -0.0281. The van der Waals surface area contributed by atoms with Crippen LogP contribution in [-0.4, -0.2) is 21.9 Å². The molecule has 1 atom stereocenters. The average molecular weight is 329 g/mol. The van der Waals surface area contributed by atoms with E-state index >= 15 is 0 Å². The molecule has 0 saturated heterocycles. The number of carbonyl (C=O) groups excluding carboxylic acids is 1. The number of nitrogens with one attached hydrogen (secondary N) is 2. The Morgan fingerprint density at radius 3 is 2.65 bits per heavy atom. The molecular weight excluding hydrogens is 310 g/mol. The molecule has 0 aliphatic heterocycles. The van der Waals surface area contributed by atoms with Crippen LogP contribution in [0.1, 0.15) is 36.5 Å². The highest BCUT2D eigenvalue weighted by Crippen LogP contribution is 2.33. The van der Waals surface area contributed by atoms with E-state index in [-0.39, 0.29) is 17.5 Å². The summed E-state index contributed by atoms with van der Waals surface area (Å²) in [7, 11) is 0. The van der Waals surface area contributed by atoms with Crippen LogP contribution in [0.4, 0.5) is 0 Å². The number of amides is 1. The molecular formula is C17H19N3O2S. The Morgan fingerprint density at radius 1 is 1.22 bits per heavy atom. The molecule has 3 rings (SSSR count). The van der Waals surface area contributed by atoms with Crippen LogP contribution in [0.15, 0.2) is 52.5 Å². The molecule has 0 radical (unpaired) electrons. The smallest absolute Gasteiger partial charge is 0.251 e. The molecule has 0 bridgehead atoms. The highest BCUT2D eigenvalue weighted by molar-refractivity contribution is 8.00. The number of aromatic nitrogens is 2. The van der Waals surface area contributed by atoms with Gasteiger partial charge in [-0.3, -0.25) is 9.59 Å². The zero-order valence-electron chi connectivity index (χ0n) is 12.7. The van der Waals surface area contributed by atoms with Crippen LogP contribution in [0.3, 0.4) is 0 Å². The second-order valence-corrected chi connectivity index (χ2v) is 6.73. The molecule has 0 unspecified atom stereocenters. The molecule has 1 aliphatic carbocycles. The van der Waals surface area contributed by atoms with Gasteiger partial charge in [0.05, 0.1) is 0 Å². The monoisotopic (exact) mass is 329 g/mol. The lowest BCUT2D eigenvalue weighted by atomic mass is 10.1. The third-order valence-electron chi connectivity index (χ3n) is 3.92. The number of rotatable bonds is 5. The van der Waals surface area contributed by atoms with Crippen LogP contribution in [0.25, 0.3) is 0 Å². The van der Waals surface area contributed by atoms with Crippen LogP contribution in [0, 0.1) is 0 Å². The van der Waals surface area contributed by atoms with Gasteiger partial charge in [0.1, 0.15) is 5.25 Å². The molecule has 1 saturated carbocycles. The summed E-state index contributed by atoms with van der Waals surface area (Å²) in [6.07, 6.45) is 5.87. The molecule has 1 aromatic carbocycles. The van der Waals surface area contributed by atoms with E-state index in [1.165, 1.54) is 36.9 Å². The summed E-state index contributed by atoms with van der Waals surface area (Å²) < 4.78 is 0. The molecule has 2 aromatic rings. The van der Waals surface area contributed by atoms with Gasteiger partial charge in [-0.1, -0.05) is 54.9 Å². The van der Waals surface area contributed by atoms with Crippen LogP contribution >= 0.6 is 11.8 Å². The van der Waals surface area contributed by atoms with Crippen LogP contribution < -0.4 is 10.9 Å². The minimum absolute atomic E-state index is 0.0281. The van der Waals surface area contributed by atoms with Gasteiger partial charge in [0.2, 0.25) is 5.91 Å². The Labute approximate surface area is 138 Å². The second kappa shape index (κ2) is 7.46. The maximum Gasteiger partial charge on any atom is 0.251 e. The number of hydrogen-bond donors (Lipinski definition) is 2. The summed E-state index contributed by atoms with van der Waals surface area (Å²) >= 11 is 1.27. The molecule has 2 N–H and O–H groups in total. The summed E-state index contributed by atoms with van der Waals surface area (Å²) in [6.45, 7) is 0. The number of thioether (sulfide) groups is 1. The first kappa shape index (κ1) is 15.8. The quantitative estimate of drug-likeness (QED) is 0.653. The van der Waals surface area contributed by atoms with Gasteiger partial charge >= 0.3 is 0 Å². The normalized spacial score (nSPS) is 16.2. The molecule has 6 heteroatoms. The van der Waals surface area contributed by atoms with E-state index in [1.54, 1.807) is 0 Å². The zero-order chi connectivity index (χ0) is 16.1. The van der Waals surface area contributed by atoms with Crippen molar-refractivity contribution in [3.05, 3.63) is 58.5 Å². The van der Waals surface area contributed by atoms with Crippen LogP contribution in [0.5, 0.6) is 0 Å². The van der Waals surface area contributed by atoms with Crippen molar-refractivity contribution in [1.29, 1.82) is 0 Å². The lowest BCUT2D eigenvalue weighted by molar-refractivity contribution is -0.121. The van der Waals surface area contributed by atoms with Crippen molar-refractivity contribution in [3.63, 3.8) is 0 Å². The summed E-state index contributed by atoms with van der Waals surface area (Å²) in [4.78, 5) is 31.0. The predicted octanol–water partition coefficient (Wildman–Crippen LogP) is 2.66. The average Bonchev–Trinajstić information content (AvgIpc) is 3.06. The fourth-order valence-electron chi connectivity index (χ4n) is 2.77. The maximum atomic E-state index is 12.7. The fraction of sp³-hybridized carbons (Fsp3) is 0.353. The van der Waals surface area contributed by atoms with Crippen molar-refractivity contribution in [1.82, 2.24) is 15.3 Å². The summed E-state index contributed by atoms with van der Waals surface area (Å²) in [5.41, 5.74) is 0.685. The molecule has 5 nitrogen and oxygen atoms in total.